The molecule has 1 saturated heterocycles. The van der Waals surface area contributed by atoms with E-state index in [1.54, 1.807) is 0 Å². The molecule has 1 heterocycles. The van der Waals surface area contributed by atoms with E-state index in [2.05, 4.69) is 15.9 Å². The molecule has 0 aromatic heterocycles. The van der Waals surface area contributed by atoms with Gasteiger partial charge in [0.25, 0.3) is 0 Å². The summed E-state index contributed by atoms with van der Waals surface area (Å²) in [7, 11) is 0. The van der Waals surface area contributed by atoms with Crippen molar-refractivity contribution < 1.29 is 10.2 Å². The number of hydrogen-bond donors (Lipinski definition) is 2. The van der Waals surface area contributed by atoms with Gasteiger partial charge in [-0.25, -0.2) is 0 Å². The molecular weight excluding hydrogens is 206 g/mol. The molecule has 0 spiro atoms. The quantitative estimate of drug-likeness (QED) is 0.662. The standard InChI is InChI=1S/C11H21N3O2/c1-11(2,9-12)14-5-3-13(4-6-14)7-10(16)8-15/h10,15-16H,3-8H2,1-2H3. The van der Waals surface area contributed by atoms with Crippen molar-refractivity contribution >= 4 is 0 Å². The Morgan fingerprint density at radius 1 is 1.31 bits per heavy atom. The van der Waals surface area contributed by atoms with Gasteiger partial charge in [0.1, 0.15) is 5.54 Å². The summed E-state index contributed by atoms with van der Waals surface area (Å²) >= 11 is 0. The van der Waals surface area contributed by atoms with Crippen molar-refractivity contribution in [1.82, 2.24) is 9.80 Å². The number of hydrogen-bond acceptors (Lipinski definition) is 5. The largest absolute Gasteiger partial charge is 0.394 e. The Kier molecular flexibility index (Phi) is 4.69. The third-order valence-electron chi connectivity index (χ3n) is 3.12. The normalized spacial score (nSPS) is 21.7. The second kappa shape index (κ2) is 5.60. The second-order valence-corrected chi connectivity index (χ2v) is 4.79. The third-order valence-corrected chi connectivity index (χ3v) is 3.12. The van der Waals surface area contributed by atoms with E-state index in [-0.39, 0.29) is 6.61 Å². The van der Waals surface area contributed by atoms with Crippen LogP contribution in [0.4, 0.5) is 0 Å². The van der Waals surface area contributed by atoms with Gasteiger partial charge in [-0.05, 0) is 13.8 Å². The molecule has 1 fully saturated rings. The van der Waals surface area contributed by atoms with Crippen LogP contribution in [0.5, 0.6) is 0 Å². The van der Waals surface area contributed by atoms with Crippen LogP contribution in [0.2, 0.25) is 0 Å². The molecule has 1 unspecified atom stereocenters. The molecule has 0 bridgehead atoms. The Hall–Kier alpha value is -0.670. The van der Waals surface area contributed by atoms with E-state index in [9.17, 15) is 5.11 Å². The Bertz CT molecular complexity index is 254. The maximum absolute atomic E-state index is 9.32. The number of β-amino-alcohol motifs (C(OH)–C–C–N with tert-alkyl or cyclic N) is 1. The van der Waals surface area contributed by atoms with Gasteiger partial charge in [-0.1, -0.05) is 0 Å². The summed E-state index contributed by atoms with van der Waals surface area (Å²) in [6.45, 7) is 7.50. The van der Waals surface area contributed by atoms with Crippen molar-refractivity contribution in [1.29, 1.82) is 5.26 Å². The van der Waals surface area contributed by atoms with Crippen LogP contribution in [0.25, 0.3) is 0 Å². The average Bonchev–Trinajstić information content (AvgIpc) is 2.29. The maximum Gasteiger partial charge on any atom is 0.103 e. The summed E-state index contributed by atoms with van der Waals surface area (Å²) in [5, 5.41) is 27.1. The van der Waals surface area contributed by atoms with Gasteiger partial charge >= 0.3 is 0 Å². The number of piperazine rings is 1. The van der Waals surface area contributed by atoms with Crippen LogP contribution < -0.4 is 0 Å². The Morgan fingerprint density at radius 2 is 1.88 bits per heavy atom. The van der Waals surface area contributed by atoms with Crippen LogP contribution in [0.15, 0.2) is 0 Å². The number of nitriles is 1. The summed E-state index contributed by atoms with van der Waals surface area (Å²) in [5.74, 6) is 0. The maximum atomic E-state index is 9.32. The van der Waals surface area contributed by atoms with E-state index in [0.717, 1.165) is 26.2 Å². The molecule has 0 aliphatic carbocycles. The predicted molar refractivity (Wildman–Crippen MR) is 60.8 cm³/mol. The number of nitrogens with zero attached hydrogens (tertiary/aromatic N) is 3. The first-order valence-electron chi connectivity index (χ1n) is 5.67. The molecule has 1 rings (SSSR count). The fourth-order valence-corrected chi connectivity index (χ4v) is 1.92. The van der Waals surface area contributed by atoms with Crippen molar-refractivity contribution in [2.24, 2.45) is 0 Å². The summed E-state index contributed by atoms with van der Waals surface area (Å²) in [4.78, 5) is 4.26. The van der Waals surface area contributed by atoms with Crippen LogP contribution >= 0.6 is 0 Å². The van der Waals surface area contributed by atoms with E-state index in [1.165, 1.54) is 0 Å². The summed E-state index contributed by atoms with van der Waals surface area (Å²) in [6.07, 6.45) is -0.657. The lowest BCUT2D eigenvalue weighted by molar-refractivity contribution is 0.0259. The Labute approximate surface area is 96.9 Å². The summed E-state index contributed by atoms with van der Waals surface area (Å²) in [5.41, 5.74) is -0.415. The highest BCUT2D eigenvalue weighted by Crippen LogP contribution is 2.15. The minimum Gasteiger partial charge on any atom is -0.394 e. The van der Waals surface area contributed by atoms with Crippen LogP contribution in [-0.2, 0) is 0 Å². The van der Waals surface area contributed by atoms with E-state index in [0.29, 0.717) is 6.54 Å². The number of aliphatic hydroxyl groups excluding tert-OH is 2. The fraction of sp³-hybridized carbons (Fsp3) is 0.909. The topological polar surface area (TPSA) is 70.7 Å². The molecule has 2 N–H and O–H groups in total. The van der Waals surface area contributed by atoms with Crippen molar-refractivity contribution in [2.75, 3.05) is 39.3 Å². The van der Waals surface area contributed by atoms with Crippen molar-refractivity contribution in [3.05, 3.63) is 0 Å². The average molecular weight is 227 g/mol. The summed E-state index contributed by atoms with van der Waals surface area (Å²) < 4.78 is 0. The zero-order valence-electron chi connectivity index (χ0n) is 10.1. The molecule has 1 atom stereocenters. The highest BCUT2D eigenvalue weighted by atomic mass is 16.3. The molecule has 0 saturated carbocycles. The van der Waals surface area contributed by atoms with E-state index in [1.807, 2.05) is 13.8 Å². The molecular formula is C11H21N3O2. The molecule has 92 valence electrons. The molecule has 16 heavy (non-hydrogen) atoms. The molecule has 1 aliphatic heterocycles. The first-order chi connectivity index (χ1) is 7.49. The van der Waals surface area contributed by atoms with Crippen molar-refractivity contribution in [3.63, 3.8) is 0 Å². The predicted octanol–water partition coefficient (Wildman–Crippen LogP) is -0.741. The minimum atomic E-state index is -0.657. The molecule has 5 heteroatoms. The van der Waals surface area contributed by atoms with Gasteiger partial charge in [0.15, 0.2) is 0 Å². The second-order valence-electron chi connectivity index (χ2n) is 4.79. The summed E-state index contributed by atoms with van der Waals surface area (Å²) in [6, 6.07) is 2.30. The van der Waals surface area contributed by atoms with Gasteiger partial charge < -0.3 is 10.2 Å². The van der Waals surface area contributed by atoms with Crippen molar-refractivity contribution in [3.8, 4) is 6.07 Å². The van der Waals surface area contributed by atoms with Crippen LogP contribution in [0, 0.1) is 11.3 Å². The zero-order chi connectivity index (χ0) is 12.2. The van der Waals surface area contributed by atoms with Gasteiger partial charge in [-0.15, -0.1) is 0 Å². The van der Waals surface area contributed by atoms with E-state index in [4.69, 9.17) is 10.4 Å². The number of rotatable bonds is 4. The molecule has 0 radical (unpaired) electrons. The zero-order valence-corrected chi connectivity index (χ0v) is 10.1. The molecule has 1 aliphatic rings. The highest BCUT2D eigenvalue weighted by Gasteiger charge is 2.29. The van der Waals surface area contributed by atoms with Crippen molar-refractivity contribution in [2.45, 2.75) is 25.5 Å². The van der Waals surface area contributed by atoms with E-state index >= 15 is 0 Å². The van der Waals surface area contributed by atoms with Gasteiger partial charge in [0, 0.05) is 32.7 Å². The Balaban J connectivity index is 2.37. The van der Waals surface area contributed by atoms with Crippen LogP contribution in [0.3, 0.4) is 0 Å². The SMILES string of the molecule is CC(C)(C#N)N1CCN(CC(O)CO)CC1. The first kappa shape index (κ1) is 13.4. The van der Waals surface area contributed by atoms with Crippen LogP contribution in [-0.4, -0.2) is 71.0 Å². The van der Waals surface area contributed by atoms with Crippen LogP contribution in [0.1, 0.15) is 13.8 Å². The lowest BCUT2D eigenvalue weighted by atomic mass is 10.0. The van der Waals surface area contributed by atoms with Gasteiger partial charge in [-0.3, -0.25) is 9.80 Å². The van der Waals surface area contributed by atoms with Gasteiger partial charge in [0.05, 0.1) is 18.8 Å². The van der Waals surface area contributed by atoms with Gasteiger partial charge in [0.2, 0.25) is 0 Å². The molecule has 0 amide bonds. The monoisotopic (exact) mass is 227 g/mol. The lowest BCUT2D eigenvalue weighted by Crippen LogP contribution is -2.55. The third kappa shape index (κ3) is 3.42. The molecule has 5 nitrogen and oxygen atoms in total. The highest BCUT2D eigenvalue weighted by molar-refractivity contribution is 5.02. The van der Waals surface area contributed by atoms with E-state index < -0.39 is 11.6 Å². The van der Waals surface area contributed by atoms with Gasteiger partial charge in [-0.2, -0.15) is 5.26 Å². The first-order valence-corrected chi connectivity index (χ1v) is 5.67. The minimum absolute atomic E-state index is 0.191. The molecule has 0 aromatic carbocycles. The molecule has 0 aromatic rings. The number of aliphatic hydroxyl groups is 2. The smallest absolute Gasteiger partial charge is 0.103 e. The fourth-order valence-electron chi connectivity index (χ4n) is 1.92. The Morgan fingerprint density at radius 3 is 2.31 bits per heavy atom. The lowest BCUT2D eigenvalue weighted by Gasteiger charge is -2.40.